The van der Waals surface area contributed by atoms with Crippen LogP contribution in [0, 0.1) is 13.8 Å². The lowest BCUT2D eigenvalue weighted by atomic mass is 9.98. The molecule has 4 amide bonds. The van der Waals surface area contributed by atoms with Crippen LogP contribution in [0.4, 0.5) is 16.3 Å². The standard InChI is InChI=1S/C43H66N12O5/c1-30-31(2)34(16-15-32(30)27-36(57)50(6)7)48-41(58)38-37-39(44)46-29-47-40(37)55(49-38)33-13-9-22-54(28-33)35(56)14-10-18-51(8)19-12-21-53-25-23-52(24-26-53)20-11-17-45-42(59)60-43(3,4)5/h10,14-16,29,33H,9,11-13,17-28H2,1-8H3,(H,45,59)(H,48,58)(H2,44,46,47)/b14-10+/t33-/m1/s1. The lowest BCUT2D eigenvalue weighted by Crippen LogP contribution is -2.47. The topological polar surface area (TPSA) is 187 Å². The molecule has 1 aromatic carbocycles. The Morgan fingerprint density at radius 1 is 0.967 bits per heavy atom. The summed E-state index contributed by atoms with van der Waals surface area (Å²) in [4.78, 5) is 70.7. The number of anilines is 2. The maximum absolute atomic E-state index is 13.8. The lowest BCUT2D eigenvalue weighted by Gasteiger charge is -2.35. The predicted octanol–water partition coefficient (Wildman–Crippen LogP) is 3.48. The number of nitrogens with zero attached hydrogens (tertiary/aromatic N) is 9. The van der Waals surface area contributed by atoms with Gasteiger partial charge in [-0.2, -0.15) is 5.10 Å². The Kier molecular flexibility index (Phi) is 16.0. The molecule has 2 fully saturated rings. The number of amides is 4. The molecule has 0 spiro atoms. The lowest BCUT2D eigenvalue weighted by molar-refractivity contribution is -0.128. The van der Waals surface area contributed by atoms with E-state index in [9.17, 15) is 19.2 Å². The van der Waals surface area contributed by atoms with Gasteiger partial charge in [-0.05, 0) is 110 Å². The molecule has 328 valence electrons. The van der Waals surface area contributed by atoms with Gasteiger partial charge in [0.1, 0.15) is 17.7 Å². The predicted molar refractivity (Wildman–Crippen MR) is 234 cm³/mol. The van der Waals surface area contributed by atoms with Crippen LogP contribution in [0.25, 0.3) is 11.0 Å². The summed E-state index contributed by atoms with van der Waals surface area (Å²) in [6.07, 6.45) is 8.33. The Morgan fingerprint density at radius 3 is 2.35 bits per heavy atom. The Hall–Kier alpha value is -5.13. The molecule has 0 saturated carbocycles. The summed E-state index contributed by atoms with van der Waals surface area (Å²) in [5.41, 5.74) is 9.68. The summed E-state index contributed by atoms with van der Waals surface area (Å²) < 4.78 is 7.02. The van der Waals surface area contributed by atoms with E-state index in [0.717, 1.165) is 88.2 Å². The van der Waals surface area contributed by atoms with E-state index in [2.05, 4.69) is 42.3 Å². The minimum atomic E-state index is -0.486. The maximum atomic E-state index is 13.8. The minimum Gasteiger partial charge on any atom is -0.444 e. The van der Waals surface area contributed by atoms with Crippen LogP contribution >= 0.6 is 0 Å². The monoisotopic (exact) mass is 831 g/mol. The second kappa shape index (κ2) is 20.9. The number of nitrogens with two attached hydrogens (primary N) is 1. The van der Waals surface area contributed by atoms with E-state index in [-0.39, 0.29) is 41.9 Å². The highest BCUT2D eigenvalue weighted by atomic mass is 16.6. The fourth-order valence-corrected chi connectivity index (χ4v) is 7.61. The van der Waals surface area contributed by atoms with Crippen LogP contribution in [0.15, 0.2) is 30.6 Å². The van der Waals surface area contributed by atoms with Crippen LogP contribution in [0.3, 0.4) is 0 Å². The summed E-state index contributed by atoms with van der Waals surface area (Å²) in [6.45, 7) is 18.8. The van der Waals surface area contributed by atoms with Gasteiger partial charge < -0.3 is 45.6 Å². The Labute approximate surface area is 354 Å². The summed E-state index contributed by atoms with van der Waals surface area (Å²) in [5.74, 6) is -0.357. The van der Waals surface area contributed by atoms with E-state index >= 15 is 0 Å². The number of hydrogen-bond donors (Lipinski definition) is 3. The van der Waals surface area contributed by atoms with E-state index in [4.69, 9.17) is 15.6 Å². The number of rotatable bonds is 16. The summed E-state index contributed by atoms with van der Waals surface area (Å²) in [5, 5.41) is 11.0. The number of hydrogen-bond acceptors (Lipinski definition) is 12. The Balaban J connectivity index is 1.08. The van der Waals surface area contributed by atoms with Gasteiger partial charge >= 0.3 is 6.09 Å². The van der Waals surface area contributed by atoms with E-state index in [1.54, 1.807) is 35.8 Å². The number of piperazine rings is 1. The van der Waals surface area contributed by atoms with Crippen molar-refractivity contribution in [2.45, 2.75) is 78.4 Å². The average molecular weight is 831 g/mol. The molecule has 2 aliphatic heterocycles. The molecule has 2 aliphatic rings. The van der Waals surface area contributed by atoms with Crippen LogP contribution in [-0.4, -0.2) is 167 Å². The fourth-order valence-electron chi connectivity index (χ4n) is 7.61. The first kappa shape index (κ1) is 45.9. The third-order valence-corrected chi connectivity index (χ3v) is 11.3. The first-order chi connectivity index (χ1) is 28.5. The molecule has 0 aliphatic carbocycles. The number of piperidine rings is 1. The van der Waals surface area contributed by atoms with Crippen molar-refractivity contribution >= 4 is 46.4 Å². The SMILES string of the molecule is Cc1c(CC(=O)N(C)C)ccc(NC(=O)c2nn([C@@H]3CCCN(C(=O)/C=C/CN(C)CCCN4CCN(CCCNC(=O)OC(C)(C)C)CC4)C3)c3ncnc(N)c23)c1C. The Bertz CT molecular complexity index is 2000. The number of aromatic nitrogens is 4. The van der Waals surface area contributed by atoms with Gasteiger partial charge in [-0.25, -0.2) is 19.4 Å². The van der Waals surface area contributed by atoms with E-state index in [1.807, 2.05) is 51.7 Å². The maximum Gasteiger partial charge on any atom is 0.407 e. The van der Waals surface area contributed by atoms with Crippen molar-refractivity contribution in [1.82, 2.24) is 49.6 Å². The first-order valence-corrected chi connectivity index (χ1v) is 21.2. The quantitative estimate of drug-likeness (QED) is 0.141. The number of alkyl carbamates (subject to hydrolysis) is 1. The smallest absolute Gasteiger partial charge is 0.407 e. The third-order valence-electron chi connectivity index (χ3n) is 11.3. The van der Waals surface area contributed by atoms with Crippen molar-refractivity contribution in [3.63, 3.8) is 0 Å². The Morgan fingerprint density at radius 2 is 1.67 bits per heavy atom. The first-order valence-electron chi connectivity index (χ1n) is 21.2. The molecule has 5 rings (SSSR count). The van der Waals surface area contributed by atoms with E-state index in [0.29, 0.717) is 42.9 Å². The summed E-state index contributed by atoms with van der Waals surface area (Å²) >= 11 is 0. The zero-order valence-electron chi connectivity index (χ0n) is 36.9. The van der Waals surface area contributed by atoms with Crippen LogP contribution in [0.2, 0.25) is 0 Å². The molecule has 1 atom stereocenters. The number of likely N-dealkylation sites (tertiary alicyclic amines) is 1. The molecule has 17 nitrogen and oxygen atoms in total. The van der Waals surface area contributed by atoms with Crippen molar-refractivity contribution in [2.24, 2.45) is 0 Å². The second-order valence-corrected chi connectivity index (χ2v) is 17.3. The van der Waals surface area contributed by atoms with Crippen LogP contribution in [0.1, 0.15) is 79.7 Å². The molecular weight excluding hydrogens is 765 g/mol. The number of carbonyl (C=O) groups is 4. The molecule has 4 heterocycles. The number of ether oxygens (including phenoxy) is 1. The third kappa shape index (κ3) is 12.7. The van der Waals surface area contributed by atoms with Gasteiger partial charge in [0.2, 0.25) is 11.8 Å². The molecule has 3 aromatic rings. The highest BCUT2D eigenvalue weighted by molar-refractivity contribution is 6.13. The summed E-state index contributed by atoms with van der Waals surface area (Å²) in [6, 6.07) is 3.45. The van der Waals surface area contributed by atoms with Crippen molar-refractivity contribution < 1.29 is 23.9 Å². The van der Waals surface area contributed by atoms with Gasteiger partial charge in [-0.3, -0.25) is 14.4 Å². The molecule has 17 heteroatoms. The molecule has 2 aromatic heterocycles. The van der Waals surface area contributed by atoms with Gasteiger partial charge in [0, 0.05) is 78.2 Å². The highest BCUT2D eigenvalue weighted by Crippen LogP contribution is 2.30. The molecule has 2 saturated heterocycles. The van der Waals surface area contributed by atoms with Crippen molar-refractivity contribution in [1.29, 1.82) is 0 Å². The number of nitrogens with one attached hydrogen (secondary N) is 2. The number of fused-ring (bicyclic) bond motifs is 1. The number of benzene rings is 1. The summed E-state index contributed by atoms with van der Waals surface area (Å²) in [7, 11) is 5.53. The zero-order chi connectivity index (χ0) is 43.6. The largest absolute Gasteiger partial charge is 0.444 e. The van der Waals surface area contributed by atoms with Crippen LogP contribution in [-0.2, 0) is 20.7 Å². The second-order valence-electron chi connectivity index (χ2n) is 17.3. The average Bonchev–Trinajstić information content (AvgIpc) is 3.60. The molecule has 0 radical (unpaired) electrons. The van der Waals surface area contributed by atoms with E-state index < -0.39 is 11.5 Å². The molecule has 0 unspecified atom stereocenters. The van der Waals surface area contributed by atoms with Gasteiger partial charge in [0.15, 0.2) is 11.3 Å². The highest BCUT2D eigenvalue weighted by Gasteiger charge is 2.30. The van der Waals surface area contributed by atoms with E-state index in [1.165, 1.54) is 6.33 Å². The fraction of sp³-hybridized carbons (Fsp3) is 0.605. The number of likely N-dealkylation sites (N-methyl/N-ethyl adjacent to an activating group) is 2. The van der Waals surface area contributed by atoms with Crippen molar-refractivity contribution in [3.8, 4) is 0 Å². The minimum absolute atomic E-state index is 0.00179. The molecule has 0 bridgehead atoms. The molecule has 4 N–H and O–H groups in total. The van der Waals surface area contributed by atoms with Crippen LogP contribution < -0.4 is 16.4 Å². The molecular formula is C43H66N12O5. The van der Waals surface area contributed by atoms with Gasteiger partial charge in [-0.1, -0.05) is 12.1 Å². The van der Waals surface area contributed by atoms with Gasteiger partial charge in [0.25, 0.3) is 5.91 Å². The van der Waals surface area contributed by atoms with Gasteiger partial charge in [0.05, 0.1) is 17.8 Å². The van der Waals surface area contributed by atoms with Crippen LogP contribution in [0.5, 0.6) is 0 Å². The van der Waals surface area contributed by atoms with Gasteiger partial charge in [-0.15, -0.1) is 0 Å². The van der Waals surface area contributed by atoms with Crippen molar-refractivity contribution in [2.75, 3.05) is 104 Å². The number of carbonyl (C=O) groups excluding carboxylic acids is 4. The zero-order valence-corrected chi connectivity index (χ0v) is 36.9. The molecule has 60 heavy (non-hydrogen) atoms. The number of nitrogen functional groups attached to an aromatic ring is 1. The van der Waals surface area contributed by atoms with Crippen molar-refractivity contribution in [3.05, 3.63) is 53.0 Å². The normalized spacial score (nSPS) is 16.8.